The predicted molar refractivity (Wildman–Crippen MR) is 42.0 cm³/mol. The van der Waals surface area contributed by atoms with E-state index in [2.05, 4.69) is 4.98 Å². The van der Waals surface area contributed by atoms with Crippen molar-refractivity contribution >= 4 is 11.4 Å². The highest BCUT2D eigenvalue weighted by atomic mass is 16.3. The topological polar surface area (TPSA) is 74.4 Å². The Kier molecular flexibility index (Phi) is 1.65. The Morgan fingerprint density at radius 1 is 1.55 bits per heavy atom. The Labute approximate surface area is 63.9 Å². The highest BCUT2D eigenvalue weighted by molar-refractivity contribution is 5.72. The predicted octanol–water partition coefficient (Wildman–Crippen LogP) is 1.77. The van der Waals surface area contributed by atoms with Crippen LogP contribution in [0.5, 0.6) is 5.75 Å². The molecule has 0 aliphatic carbocycles. The highest BCUT2D eigenvalue weighted by Crippen LogP contribution is 2.34. The number of anilines is 1. The van der Waals surface area contributed by atoms with E-state index in [0.29, 0.717) is 5.56 Å². The van der Waals surface area contributed by atoms with Crippen LogP contribution in [0.15, 0.2) is 12.1 Å². The molecule has 0 saturated carbocycles. The average molecular weight is 150 g/mol. The molecule has 1 aromatic rings. The van der Waals surface area contributed by atoms with Gasteiger partial charge in [-0.05, 0) is 19.1 Å². The van der Waals surface area contributed by atoms with E-state index in [9.17, 15) is 5.11 Å². The van der Waals surface area contributed by atoms with E-state index >= 15 is 0 Å². The van der Waals surface area contributed by atoms with Gasteiger partial charge in [0.2, 0.25) is 11.1 Å². The molecule has 1 aromatic carbocycles. The lowest BCUT2D eigenvalue weighted by atomic mass is 10.1. The number of nitrogens with two attached hydrogens (primary N) is 1. The van der Waals surface area contributed by atoms with Crippen LogP contribution in [0.2, 0.25) is 0 Å². The number of nitrogen functional groups attached to an aromatic ring is 1. The standard InChI is InChI=1S/C7H7N3O/c1-4-2-3-5(8)7(11)6(4)10-9/h2-3,8-9H,1H3/p+1. The molecule has 4 heteroatoms. The number of diazo groups is 1. The van der Waals surface area contributed by atoms with Gasteiger partial charge in [-0.25, -0.2) is 0 Å². The molecular weight excluding hydrogens is 142 g/mol. The Balaban J connectivity index is 3.44. The van der Waals surface area contributed by atoms with Crippen molar-refractivity contribution in [1.29, 1.82) is 5.39 Å². The van der Waals surface area contributed by atoms with Crippen molar-refractivity contribution in [3.05, 3.63) is 22.7 Å². The quantitative estimate of drug-likeness (QED) is 0.336. The molecule has 0 saturated heterocycles. The zero-order chi connectivity index (χ0) is 8.43. The largest absolute Gasteiger partial charge is 0.500 e. The number of rotatable bonds is 0. The van der Waals surface area contributed by atoms with Crippen LogP contribution < -0.4 is 5.73 Å². The maximum absolute atomic E-state index is 9.20. The van der Waals surface area contributed by atoms with Gasteiger partial charge in [0, 0.05) is 5.56 Å². The number of aromatic hydroxyl groups is 1. The summed E-state index contributed by atoms with van der Waals surface area (Å²) in [4.78, 5) is 2.90. The van der Waals surface area contributed by atoms with Gasteiger partial charge in [0.05, 0.1) is 5.69 Å². The molecule has 0 fully saturated rings. The number of phenols is 1. The first-order valence-electron chi connectivity index (χ1n) is 3.10. The average Bonchev–Trinajstić information content (AvgIpc) is 1.99. The molecule has 0 spiro atoms. The molecule has 0 aliphatic rings. The minimum absolute atomic E-state index is 0.130. The second kappa shape index (κ2) is 2.46. The molecule has 0 aromatic heterocycles. The summed E-state index contributed by atoms with van der Waals surface area (Å²) in [5, 5.41) is 17.6. The molecule has 56 valence electrons. The van der Waals surface area contributed by atoms with Gasteiger partial charge in [0.15, 0.2) is 4.98 Å². The Hall–Kier alpha value is -1.76. The van der Waals surface area contributed by atoms with Crippen molar-refractivity contribution in [3.8, 4) is 5.75 Å². The molecule has 0 unspecified atom stereocenters. The van der Waals surface area contributed by atoms with E-state index in [-0.39, 0.29) is 17.1 Å². The number of aryl methyl sites for hydroxylation is 1. The fourth-order valence-corrected chi connectivity index (χ4v) is 0.822. The van der Waals surface area contributed by atoms with Gasteiger partial charge in [-0.15, -0.1) is 0 Å². The van der Waals surface area contributed by atoms with Crippen LogP contribution in [0.25, 0.3) is 4.98 Å². The molecule has 0 amide bonds. The van der Waals surface area contributed by atoms with Crippen LogP contribution in [-0.4, -0.2) is 5.11 Å². The van der Waals surface area contributed by atoms with Gasteiger partial charge < -0.3 is 10.8 Å². The van der Waals surface area contributed by atoms with Gasteiger partial charge >= 0.3 is 5.69 Å². The fourth-order valence-electron chi connectivity index (χ4n) is 0.822. The zero-order valence-electron chi connectivity index (χ0n) is 6.07. The van der Waals surface area contributed by atoms with E-state index in [0.717, 1.165) is 0 Å². The molecular formula is C7H8N3O+. The lowest BCUT2D eigenvalue weighted by Gasteiger charge is -1.94. The van der Waals surface area contributed by atoms with E-state index in [1.807, 2.05) is 0 Å². The molecule has 0 aliphatic heterocycles. The highest BCUT2D eigenvalue weighted by Gasteiger charge is 2.18. The lowest BCUT2D eigenvalue weighted by molar-refractivity contribution is 0.480. The van der Waals surface area contributed by atoms with E-state index in [1.165, 1.54) is 0 Å². The van der Waals surface area contributed by atoms with E-state index < -0.39 is 0 Å². The van der Waals surface area contributed by atoms with Gasteiger partial charge in [0.25, 0.3) is 0 Å². The van der Waals surface area contributed by atoms with Crippen molar-refractivity contribution in [2.45, 2.75) is 6.92 Å². The van der Waals surface area contributed by atoms with Gasteiger partial charge in [-0.2, -0.15) is 0 Å². The van der Waals surface area contributed by atoms with Crippen LogP contribution in [0.4, 0.5) is 11.4 Å². The second-order valence-corrected chi connectivity index (χ2v) is 2.27. The van der Waals surface area contributed by atoms with Crippen molar-refractivity contribution < 1.29 is 5.11 Å². The summed E-state index contributed by atoms with van der Waals surface area (Å²) in [6, 6.07) is 3.23. The van der Waals surface area contributed by atoms with Gasteiger partial charge in [-0.1, -0.05) is 0 Å². The molecule has 1 rings (SSSR count). The third-order valence-electron chi connectivity index (χ3n) is 1.48. The lowest BCUT2D eigenvalue weighted by Crippen LogP contribution is -1.85. The molecule has 11 heavy (non-hydrogen) atoms. The maximum Gasteiger partial charge on any atom is 0.431 e. The first kappa shape index (κ1) is 7.35. The summed E-state index contributed by atoms with van der Waals surface area (Å²) in [7, 11) is 0. The zero-order valence-corrected chi connectivity index (χ0v) is 6.07. The molecule has 0 bridgehead atoms. The Morgan fingerprint density at radius 3 is 2.64 bits per heavy atom. The summed E-state index contributed by atoms with van der Waals surface area (Å²) in [5.74, 6) is -0.174. The van der Waals surface area contributed by atoms with Crippen LogP contribution in [0.1, 0.15) is 5.56 Å². The number of phenolic OH excluding ortho intramolecular Hbond substituents is 1. The maximum atomic E-state index is 9.20. The monoisotopic (exact) mass is 150 g/mol. The van der Waals surface area contributed by atoms with E-state index in [1.54, 1.807) is 19.1 Å². The summed E-state index contributed by atoms with van der Waals surface area (Å²) in [5.41, 5.74) is 6.36. The first-order valence-corrected chi connectivity index (χ1v) is 3.10. The molecule has 0 atom stereocenters. The van der Waals surface area contributed by atoms with Crippen LogP contribution in [0, 0.1) is 12.3 Å². The number of benzene rings is 1. The Bertz CT molecular complexity index is 327. The molecule has 4 nitrogen and oxygen atoms in total. The SMILES string of the molecule is Cc1ccc(N)c(O)c1[N+]#N. The third-order valence-corrected chi connectivity index (χ3v) is 1.48. The Morgan fingerprint density at radius 2 is 2.18 bits per heavy atom. The summed E-state index contributed by atoms with van der Waals surface area (Å²) < 4.78 is 0. The summed E-state index contributed by atoms with van der Waals surface area (Å²) in [6.45, 7) is 1.72. The molecule has 0 heterocycles. The van der Waals surface area contributed by atoms with Gasteiger partial charge in [0.1, 0.15) is 0 Å². The van der Waals surface area contributed by atoms with Crippen molar-refractivity contribution in [1.82, 2.24) is 0 Å². The fraction of sp³-hybridized carbons (Fsp3) is 0.143. The minimum atomic E-state index is -0.174. The first-order chi connectivity index (χ1) is 5.16. The summed E-state index contributed by atoms with van der Waals surface area (Å²) >= 11 is 0. The molecule has 3 N–H and O–H groups in total. The third kappa shape index (κ3) is 1.08. The number of hydrogen-bond donors (Lipinski definition) is 2. The summed E-state index contributed by atoms with van der Waals surface area (Å²) in [6.07, 6.45) is 0. The number of hydrogen-bond acceptors (Lipinski definition) is 3. The van der Waals surface area contributed by atoms with Crippen LogP contribution in [0.3, 0.4) is 0 Å². The van der Waals surface area contributed by atoms with Crippen molar-refractivity contribution in [2.24, 2.45) is 0 Å². The van der Waals surface area contributed by atoms with Gasteiger partial charge in [-0.3, -0.25) is 0 Å². The van der Waals surface area contributed by atoms with E-state index in [4.69, 9.17) is 11.1 Å². The van der Waals surface area contributed by atoms with Crippen LogP contribution >= 0.6 is 0 Å². The number of nitrogens with zero attached hydrogens (tertiary/aromatic N) is 2. The van der Waals surface area contributed by atoms with Crippen LogP contribution in [-0.2, 0) is 0 Å². The minimum Gasteiger partial charge on any atom is -0.500 e. The smallest absolute Gasteiger partial charge is 0.431 e. The van der Waals surface area contributed by atoms with Crippen molar-refractivity contribution in [2.75, 3.05) is 5.73 Å². The van der Waals surface area contributed by atoms with Crippen molar-refractivity contribution in [3.63, 3.8) is 0 Å². The second-order valence-electron chi connectivity index (χ2n) is 2.27. The normalized spacial score (nSPS) is 9.09. The molecule has 0 radical (unpaired) electrons.